The molecule has 0 aliphatic carbocycles. The topological polar surface area (TPSA) is 70.5 Å². The smallest absolute Gasteiger partial charge is 0.0674 e. The summed E-state index contributed by atoms with van der Waals surface area (Å²) in [7, 11) is 0. The minimum atomic E-state index is 0.562. The van der Waals surface area contributed by atoms with Crippen LogP contribution in [-0.2, 0) is 9.47 Å². The lowest BCUT2D eigenvalue weighted by molar-refractivity contribution is 0.135. The van der Waals surface area contributed by atoms with Gasteiger partial charge in [0.1, 0.15) is 0 Å². The molecule has 0 heterocycles. The summed E-state index contributed by atoms with van der Waals surface area (Å²) in [4.78, 5) is 0. The first-order valence-corrected chi connectivity index (χ1v) is 5.03. The molecule has 0 saturated carbocycles. The van der Waals surface area contributed by atoms with Crippen molar-refractivity contribution in [2.45, 2.75) is 12.8 Å². The van der Waals surface area contributed by atoms with Crippen LogP contribution in [0.1, 0.15) is 12.8 Å². The predicted molar refractivity (Wildman–Crippen MR) is 58.1 cm³/mol. The van der Waals surface area contributed by atoms with Crippen molar-refractivity contribution in [2.75, 3.05) is 39.5 Å². The Morgan fingerprint density at radius 3 is 2.29 bits per heavy atom. The highest BCUT2D eigenvalue weighted by atomic mass is 16.5. The highest BCUT2D eigenvalue weighted by molar-refractivity contribution is 4.93. The van der Waals surface area contributed by atoms with E-state index in [1.165, 1.54) is 0 Å². The quantitative estimate of drug-likeness (QED) is 0.394. The van der Waals surface area contributed by atoms with E-state index in [1.807, 2.05) is 0 Å². The maximum Gasteiger partial charge on any atom is 0.0674 e. The number of nitrogens with two attached hydrogens (primary N) is 2. The fourth-order valence-electron chi connectivity index (χ4n) is 0.982. The van der Waals surface area contributed by atoms with Crippen LogP contribution < -0.4 is 11.5 Å². The molecule has 4 nitrogen and oxygen atoms in total. The molecule has 0 bridgehead atoms. The fraction of sp³-hybridized carbons (Fsp3) is 0.800. The van der Waals surface area contributed by atoms with Gasteiger partial charge in [-0.1, -0.05) is 12.2 Å². The highest BCUT2D eigenvalue weighted by Gasteiger charge is 1.95. The summed E-state index contributed by atoms with van der Waals surface area (Å²) in [5.74, 6) is 0. The van der Waals surface area contributed by atoms with Gasteiger partial charge in [-0.3, -0.25) is 0 Å². The molecule has 0 spiro atoms. The molecule has 0 rings (SSSR count). The Labute approximate surface area is 86.2 Å². The molecule has 4 heteroatoms. The van der Waals surface area contributed by atoms with Gasteiger partial charge in [0.25, 0.3) is 0 Å². The van der Waals surface area contributed by atoms with Crippen molar-refractivity contribution in [1.29, 1.82) is 0 Å². The SMILES string of the molecule is C=C(CCCOCCN)COCCN. The first kappa shape index (κ1) is 13.6. The van der Waals surface area contributed by atoms with Gasteiger partial charge in [0.2, 0.25) is 0 Å². The largest absolute Gasteiger partial charge is 0.380 e. The van der Waals surface area contributed by atoms with Crippen molar-refractivity contribution in [1.82, 2.24) is 0 Å². The van der Waals surface area contributed by atoms with Crippen LogP contribution in [0, 0.1) is 0 Å². The second kappa shape index (κ2) is 10.7. The Kier molecular flexibility index (Phi) is 10.3. The van der Waals surface area contributed by atoms with Gasteiger partial charge in [-0.05, 0) is 12.8 Å². The van der Waals surface area contributed by atoms with Gasteiger partial charge < -0.3 is 20.9 Å². The minimum absolute atomic E-state index is 0.562. The summed E-state index contributed by atoms with van der Waals surface area (Å²) < 4.78 is 10.5. The van der Waals surface area contributed by atoms with E-state index in [9.17, 15) is 0 Å². The van der Waals surface area contributed by atoms with E-state index in [4.69, 9.17) is 20.9 Å². The number of ether oxygens (including phenoxy) is 2. The van der Waals surface area contributed by atoms with Gasteiger partial charge in [-0.2, -0.15) is 0 Å². The normalized spacial score (nSPS) is 10.4. The van der Waals surface area contributed by atoms with Gasteiger partial charge in [0.05, 0.1) is 19.8 Å². The Bertz CT molecular complexity index is 140. The lowest BCUT2D eigenvalue weighted by Crippen LogP contribution is -2.11. The van der Waals surface area contributed by atoms with Crippen LogP contribution in [0.4, 0.5) is 0 Å². The Morgan fingerprint density at radius 1 is 1.00 bits per heavy atom. The number of hydrogen-bond acceptors (Lipinski definition) is 4. The second-order valence-electron chi connectivity index (χ2n) is 3.10. The third-order valence-corrected chi connectivity index (χ3v) is 1.65. The van der Waals surface area contributed by atoms with E-state index in [1.54, 1.807) is 0 Å². The predicted octanol–water partition coefficient (Wildman–Crippen LogP) is 0.273. The molecule has 0 amide bonds. The third-order valence-electron chi connectivity index (χ3n) is 1.65. The van der Waals surface area contributed by atoms with E-state index in [2.05, 4.69) is 6.58 Å². The zero-order valence-electron chi connectivity index (χ0n) is 8.84. The summed E-state index contributed by atoms with van der Waals surface area (Å²) in [5.41, 5.74) is 11.7. The van der Waals surface area contributed by atoms with Gasteiger partial charge in [0, 0.05) is 19.7 Å². The molecule has 0 aromatic rings. The number of hydrogen-bond donors (Lipinski definition) is 2. The van der Waals surface area contributed by atoms with Crippen molar-refractivity contribution in [3.05, 3.63) is 12.2 Å². The molecule has 14 heavy (non-hydrogen) atoms. The molecule has 0 aliphatic heterocycles. The average Bonchev–Trinajstić information content (AvgIpc) is 2.18. The fourth-order valence-corrected chi connectivity index (χ4v) is 0.982. The molecule has 0 aromatic heterocycles. The van der Waals surface area contributed by atoms with Gasteiger partial charge in [-0.15, -0.1) is 0 Å². The Hall–Kier alpha value is -0.420. The minimum Gasteiger partial charge on any atom is -0.380 e. The van der Waals surface area contributed by atoms with Crippen LogP contribution in [0.3, 0.4) is 0 Å². The van der Waals surface area contributed by atoms with Crippen molar-refractivity contribution in [2.24, 2.45) is 11.5 Å². The van der Waals surface area contributed by atoms with Crippen LogP contribution in [0.2, 0.25) is 0 Å². The molecule has 0 fully saturated rings. The summed E-state index contributed by atoms with van der Waals surface area (Å²) in [5, 5.41) is 0. The van der Waals surface area contributed by atoms with E-state index in [0.29, 0.717) is 32.9 Å². The van der Waals surface area contributed by atoms with Gasteiger partial charge in [0.15, 0.2) is 0 Å². The Morgan fingerprint density at radius 2 is 1.64 bits per heavy atom. The van der Waals surface area contributed by atoms with Crippen molar-refractivity contribution in [3.63, 3.8) is 0 Å². The summed E-state index contributed by atoms with van der Waals surface area (Å²) >= 11 is 0. The van der Waals surface area contributed by atoms with Gasteiger partial charge >= 0.3 is 0 Å². The molecular formula is C10H22N2O2. The van der Waals surface area contributed by atoms with Crippen LogP contribution in [0.5, 0.6) is 0 Å². The Balaban J connectivity index is 3.10. The monoisotopic (exact) mass is 202 g/mol. The number of rotatable bonds is 10. The first-order valence-electron chi connectivity index (χ1n) is 5.03. The van der Waals surface area contributed by atoms with Gasteiger partial charge in [-0.25, -0.2) is 0 Å². The maximum atomic E-state index is 5.28. The molecule has 0 unspecified atom stereocenters. The van der Waals surface area contributed by atoms with E-state index < -0.39 is 0 Å². The van der Waals surface area contributed by atoms with Crippen LogP contribution in [-0.4, -0.2) is 39.5 Å². The molecule has 0 saturated heterocycles. The maximum absolute atomic E-state index is 5.28. The zero-order valence-corrected chi connectivity index (χ0v) is 8.84. The molecule has 0 atom stereocenters. The average molecular weight is 202 g/mol. The molecule has 0 aliphatic rings. The summed E-state index contributed by atoms with van der Waals surface area (Å²) in [6, 6.07) is 0. The van der Waals surface area contributed by atoms with E-state index in [0.717, 1.165) is 25.0 Å². The second-order valence-corrected chi connectivity index (χ2v) is 3.10. The zero-order chi connectivity index (χ0) is 10.6. The van der Waals surface area contributed by atoms with Crippen LogP contribution >= 0.6 is 0 Å². The van der Waals surface area contributed by atoms with Crippen molar-refractivity contribution in [3.8, 4) is 0 Å². The van der Waals surface area contributed by atoms with Crippen LogP contribution in [0.15, 0.2) is 12.2 Å². The highest BCUT2D eigenvalue weighted by Crippen LogP contribution is 2.02. The van der Waals surface area contributed by atoms with E-state index >= 15 is 0 Å². The summed E-state index contributed by atoms with van der Waals surface area (Å²) in [6.45, 7) is 7.63. The molecule has 4 N–H and O–H groups in total. The van der Waals surface area contributed by atoms with Crippen LogP contribution in [0.25, 0.3) is 0 Å². The lowest BCUT2D eigenvalue weighted by Gasteiger charge is -2.06. The van der Waals surface area contributed by atoms with Crippen molar-refractivity contribution < 1.29 is 9.47 Å². The summed E-state index contributed by atoms with van der Waals surface area (Å²) in [6.07, 6.45) is 1.92. The third kappa shape index (κ3) is 9.67. The lowest BCUT2D eigenvalue weighted by atomic mass is 10.2. The first-order chi connectivity index (χ1) is 6.81. The van der Waals surface area contributed by atoms with E-state index in [-0.39, 0.29) is 0 Å². The standard InChI is InChI=1S/C10H22N2O2/c1-10(9-14-8-5-12)3-2-6-13-7-4-11/h1-9,11-12H2. The van der Waals surface area contributed by atoms with Crippen molar-refractivity contribution >= 4 is 0 Å². The molecule has 0 radical (unpaired) electrons. The molecule has 0 aromatic carbocycles. The molecular weight excluding hydrogens is 180 g/mol. The molecule has 84 valence electrons.